The summed E-state index contributed by atoms with van der Waals surface area (Å²) in [5.41, 5.74) is 6.77. The van der Waals surface area contributed by atoms with Crippen molar-refractivity contribution in [2.24, 2.45) is 0 Å². The fourth-order valence-corrected chi connectivity index (χ4v) is 2.63. The van der Waals surface area contributed by atoms with Gasteiger partial charge in [0.25, 0.3) is 0 Å². The first-order chi connectivity index (χ1) is 8.58. The Bertz CT molecular complexity index is 406. The number of carboxylic acid groups (broad SMARTS) is 1. The largest absolute Gasteiger partial charge is 0.478 e. The van der Waals surface area contributed by atoms with Gasteiger partial charge in [0.1, 0.15) is 0 Å². The molecule has 0 heterocycles. The number of carbonyl (C=O) groups is 1. The Hall–Kier alpha value is -1.20. The van der Waals surface area contributed by atoms with E-state index in [1.54, 1.807) is 23.9 Å². The lowest BCUT2D eigenvalue weighted by Gasteiger charge is -2.17. The summed E-state index contributed by atoms with van der Waals surface area (Å²) in [5.74, 6) is -0.00446. The molecule has 0 radical (unpaired) electrons. The van der Waals surface area contributed by atoms with Crippen LogP contribution in [0.2, 0.25) is 0 Å². The van der Waals surface area contributed by atoms with Gasteiger partial charge in [-0.05, 0) is 31.3 Å². The summed E-state index contributed by atoms with van der Waals surface area (Å²) in [5, 5.41) is 8.93. The molecular formula is C13H20N2O2S. The highest BCUT2D eigenvalue weighted by atomic mass is 32.2. The lowest BCUT2D eigenvalue weighted by Crippen LogP contribution is -2.25. The van der Waals surface area contributed by atoms with Gasteiger partial charge in [-0.2, -0.15) is 0 Å². The molecule has 100 valence electrons. The monoisotopic (exact) mass is 268 g/mol. The van der Waals surface area contributed by atoms with E-state index in [1.165, 1.54) is 6.07 Å². The SMILES string of the molecule is CCN(CC)CCSc1cc(C(=O)O)ccc1N. The van der Waals surface area contributed by atoms with E-state index in [-0.39, 0.29) is 5.56 Å². The highest BCUT2D eigenvalue weighted by Crippen LogP contribution is 2.26. The molecule has 1 aromatic rings. The van der Waals surface area contributed by atoms with Crippen molar-refractivity contribution < 1.29 is 9.90 Å². The molecule has 0 unspecified atom stereocenters. The number of benzene rings is 1. The minimum atomic E-state index is -0.916. The predicted octanol–water partition coefficient (Wildman–Crippen LogP) is 2.40. The van der Waals surface area contributed by atoms with Crippen molar-refractivity contribution in [3.05, 3.63) is 23.8 Å². The van der Waals surface area contributed by atoms with Crippen LogP contribution in [0.1, 0.15) is 24.2 Å². The van der Waals surface area contributed by atoms with E-state index in [0.29, 0.717) is 5.69 Å². The number of hydrogen-bond donors (Lipinski definition) is 2. The van der Waals surface area contributed by atoms with Crippen molar-refractivity contribution in [1.29, 1.82) is 0 Å². The van der Waals surface area contributed by atoms with E-state index in [2.05, 4.69) is 18.7 Å². The zero-order valence-electron chi connectivity index (χ0n) is 10.8. The first kappa shape index (κ1) is 14.9. The Balaban J connectivity index is 2.61. The minimum absolute atomic E-state index is 0.287. The second-order valence-electron chi connectivity index (χ2n) is 3.93. The molecule has 0 bridgehead atoms. The van der Waals surface area contributed by atoms with Crippen LogP contribution in [0.5, 0.6) is 0 Å². The maximum atomic E-state index is 10.9. The van der Waals surface area contributed by atoms with Crippen LogP contribution in [0.4, 0.5) is 5.69 Å². The highest BCUT2D eigenvalue weighted by Gasteiger charge is 2.07. The van der Waals surface area contributed by atoms with Gasteiger partial charge in [0, 0.05) is 22.9 Å². The molecule has 0 spiro atoms. The second-order valence-corrected chi connectivity index (χ2v) is 5.07. The van der Waals surface area contributed by atoms with Crippen LogP contribution in [0.3, 0.4) is 0 Å². The van der Waals surface area contributed by atoms with Gasteiger partial charge in [0.15, 0.2) is 0 Å². The molecule has 0 atom stereocenters. The van der Waals surface area contributed by atoms with Gasteiger partial charge in [-0.3, -0.25) is 0 Å². The summed E-state index contributed by atoms with van der Waals surface area (Å²) in [7, 11) is 0. The molecule has 18 heavy (non-hydrogen) atoms. The normalized spacial score (nSPS) is 10.8. The molecule has 0 aliphatic heterocycles. The van der Waals surface area contributed by atoms with E-state index in [0.717, 1.165) is 30.3 Å². The van der Waals surface area contributed by atoms with Crippen LogP contribution in [-0.2, 0) is 0 Å². The van der Waals surface area contributed by atoms with E-state index in [4.69, 9.17) is 10.8 Å². The molecule has 0 fully saturated rings. The van der Waals surface area contributed by atoms with Crippen LogP contribution in [0.15, 0.2) is 23.1 Å². The van der Waals surface area contributed by atoms with E-state index < -0.39 is 5.97 Å². The molecule has 0 saturated heterocycles. The highest BCUT2D eigenvalue weighted by molar-refractivity contribution is 7.99. The molecule has 3 N–H and O–H groups in total. The molecule has 1 rings (SSSR count). The zero-order chi connectivity index (χ0) is 13.5. The first-order valence-electron chi connectivity index (χ1n) is 6.06. The van der Waals surface area contributed by atoms with Gasteiger partial charge < -0.3 is 15.7 Å². The number of thioether (sulfide) groups is 1. The second kappa shape index (κ2) is 7.28. The molecule has 4 nitrogen and oxygen atoms in total. The van der Waals surface area contributed by atoms with Gasteiger partial charge >= 0.3 is 5.97 Å². The van der Waals surface area contributed by atoms with Crippen molar-refractivity contribution in [1.82, 2.24) is 4.90 Å². The third kappa shape index (κ3) is 4.23. The number of hydrogen-bond acceptors (Lipinski definition) is 4. The van der Waals surface area contributed by atoms with Crippen LogP contribution in [0.25, 0.3) is 0 Å². The van der Waals surface area contributed by atoms with Crippen molar-refractivity contribution in [2.45, 2.75) is 18.7 Å². The molecule has 0 saturated carbocycles. The van der Waals surface area contributed by atoms with Gasteiger partial charge in [-0.25, -0.2) is 4.79 Å². The van der Waals surface area contributed by atoms with Crippen molar-refractivity contribution in [3.63, 3.8) is 0 Å². The predicted molar refractivity (Wildman–Crippen MR) is 76.3 cm³/mol. The molecule has 0 aliphatic carbocycles. The molecule has 0 amide bonds. The number of carboxylic acids is 1. The number of anilines is 1. The summed E-state index contributed by atoms with van der Waals surface area (Å²) in [4.78, 5) is 14.1. The fraction of sp³-hybridized carbons (Fsp3) is 0.462. The van der Waals surface area contributed by atoms with Crippen molar-refractivity contribution in [2.75, 3.05) is 31.1 Å². The standard InChI is InChI=1S/C13H20N2O2S/c1-3-15(4-2)7-8-18-12-9-10(13(16)17)5-6-11(12)14/h5-6,9H,3-4,7-8,14H2,1-2H3,(H,16,17). The van der Waals surface area contributed by atoms with Crippen LogP contribution in [0, 0.1) is 0 Å². The summed E-state index contributed by atoms with van der Waals surface area (Å²) in [6.45, 7) is 7.30. The lowest BCUT2D eigenvalue weighted by atomic mass is 10.2. The summed E-state index contributed by atoms with van der Waals surface area (Å²) in [6, 6.07) is 4.83. The Morgan fingerprint density at radius 2 is 2.06 bits per heavy atom. The van der Waals surface area contributed by atoms with Crippen LogP contribution < -0.4 is 5.73 Å². The maximum absolute atomic E-state index is 10.9. The molecular weight excluding hydrogens is 248 g/mol. The Labute approximate surface area is 112 Å². The van der Waals surface area contributed by atoms with E-state index in [1.807, 2.05) is 0 Å². The van der Waals surface area contributed by atoms with Gasteiger partial charge in [0.05, 0.1) is 5.56 Å². The van der Waals surface area contributed by atoms with Crippen LogP contribution in [-0.4, -0.2) is 41.4 Å². The third-order valence-corrected chi connectivity index (χ3v) is 3.87. The molecule has 0 aromatic heterocycles. The van der Waals surface area contributed by atoms with E-state index >= 15 is 0 Å². The van der Waals surface area contributed by atoms with Crippen LogP contribution >= 0.6 is 11.8 Å². The lowest BCUT2D eigenvalue weighted by molar-refractivity contribution is 0.0696. The number of aromatic carboxylic acids is 1. The summed E-state index contributed by atoms with van der Waals surface area (Å²) < 4.78 is 0. The quantitative estimate of drug-likeness (QED) is 0.587. The number of nitrogens with two attached hydrogens (primary N) is 1. The molecule has 0 aliphatic rings. The number of nitrogens with zero attached hydrogens (tertiary/aromatic N) is 1. The maximum Gasteiger partial charge on any atom is 0.335 e. The summed E-state index contributed by atoms with van der Waals surface area (Å²) >= 11 is 1.61. The minimum Gasteiger partial charge on any atom is -0.478 e. The van der Waals surface area contributed by atoms with E-state index in [9.17, 15) is 4.79 Å². The van der Waals surface area contributed by atoms with Gasteiger partial charge in [-0.15, -0.1) is 11.8 Å². The van der Waals surface area contributed by atoms with Crippen molar-refractivity contribution >= 4 is 23.4 Å². The van der Waals surface area contributed by atoms with Gasteiger partial charge in [-0.1, -0.05) is 13.8 Å². The first-order valence-corrected chi connectivity index (χ1v) is 7.05. The Morgan fingerprint density at radius 3 is 2.61 bits per heavy atom. The molecule has 5 heteroatoms. The number of nitrogen functional groups attached to an aromatic ring is 1. The Kier molecular flexibility index (Phi) is 6.01. The zero-order valence-corrected chi connectivity index (χ0v) is 11.7. The fourth-order valence-electron chi connectivity index (χ4n) is 1.62. The Morgan fingerprint density at radius 1 is 1.39 bits per heavy atom. The third-order valence-electron chi connectivity index (χ3n) is 2.82. The average molecular weight is 268 g/mol. The molecule has 1 aromatic carbocycles. The van der Waals surface area contributed by atoms with Crippen molar-refractivity contribution in [3.8, 4) is 0 Å². The average Bonchev–Trinajstić information content (AvgIpc) is 2.36. The topological polar surface area (TPSA) is 66.6 Å². The number of rotatable bonds is 7. The smallest absolute Gasteiger partial charge is 0.335 e. The van der Waals surface area contributed by atoms with Gasteiger partial charge in [0.2, 0.25) is 0 Å². The summed E-state index contributed by atoms with van der Waals surface area (Å²) in [6.07, 6.45) is 0.